The second-order valence-corrected chi connectivity index (χ2v) is 6.18. The minimum atomic E-state index is -0.433. The standard InChI is InChI=1S/C15H11BrCl2FNO/c1-20(8-11-13(18)3-2-4-14(11)19)15(21)10-6-5-9(17)7-12(10)16/h2-7H,8H2,1H3. The van der Waals surface area contributed by atoms with E-state index in [0.717, 1.165) is 0 Å². The SMILES string of the molecule is CN(Cc1c(F)cccc1Cl)C(=O)c1ccc(Cl)cc1Br. The normalized spacial score (nSPS) is 10.5. The number of nitrogens with zero attached hydrogens (tertiary/aromatic N) is 1. The third kappa shape index (κ3) is 3.76. The molecule has 0 fully saturated rings. The molecule has 0 aliphatic carbocycles. The first-order valence-corrected chi connectivity index (χ1v) is 7.58. The van der Waals surface area contributed by atoms with Crippen LogP contribution in [0.3, 0.4) is 0 Å². The van der Waals surface area contributed by atoms with Gasteiger partial charge in [-0.1, -0.05) is 29.3 Å². The molecule has 0 saturated heterocycles. The predicted molar refractivity (Wildman–Crippen MR) is 86.4 cm³/mol. The van der Waals surface area contributed by atoms with Gasteiger partial charge in [0.15, 0.2) is 0 Å². The summed E-state index contributed by atoms with van der Waals surface area (Å²) in [5.41, 5.74) is 0.745. The zero-order chi connectivity index (χ0) is 15.6. The minimum absolute atomic E-state index is 0.0827. The van der Waals surface area contributed by atoms with E-state index in [1.165, 1.54) is 17.0 Å². The van der Waals surface area contributed by atoms with Crippen LogP contribution in [0.2, 0.25) is 10.0 Å². The van der Waals surface area contributed by atoms with Gasteiger partial charge in [-0.05, 0) is 46.3 Å². The molecule has 0 bridgehead atoms. The van der Waals surface area contributed by atoms with Gasteiger partial charge in [0.1, 0.15) is 5.82 Å². The van der Waals surface area contributed by atoms with Crippen LogP contribution in [-0.4, -0.2) is 17.9 Å². The maximum atomic E-state index is 13.8. The highest BCUT2D eigenvalue weighted by Gasteiger charge is 2.18. The molecule has 0 radical (unpaired) electrons. The van der Waals surface area contributed by atoms with E-state index in [1.54, 1.807) is 31.3 Å². The van der Waals surface area contributed by atoms with E-state index in [2.05, 4.69) is 15.9 Å². The largest absolute Gasteiger partial charge is 0.337 e. The number of carbonyl (C=O) groups excluding carboxylic acids is 1. The quantitative estimate of drug-likeness (QED) is 0.708. The van der Waals surface area contributed by atoms with E-state index in [4.69, 9.17) is 23.2 Å². The molecule has 0 heterocycles. The van der Waals surface area contributed by atoms with Gasteiger partial charge in [0, 0.05) is 33.7 Å². The zero-order valence-electron chi connectivity index (χ0n) is 11.0. The van der Waals surface area contributed by atoms with Crippen LogP contribution in [0.1, 0.15) is 15.9 Å². The molecular weight excluding hydrogens is 380 g/mol. The molecule has 0 N–H and O–H groups in total. The molecular formula is C15H11BrCl2FNO. The summed E-state index contributed by atoms with van der Waals surface area (Å²) in [6, 6.07) is 9.32. The number of rotatable bonds is 3. The third-order valence-corrected chi connectivity index (χ3v) is 4.21. The van der Waals surface area contributed by atoms with Crippen molar-refractivity contribution in [2.75, 3.05) is 7.05 Å². The Bertz CT molecular complexity index is 673. The monoisotopic (exact) mass is 389 g/mol. The third-order valence-electron chi connectivity index (χ3n) is 2.97. The molecule has 0 spiro atoms. The fourth-order valence-corrected chi connectivity index (χ4v) is 2.94. The molecule has 0 aliphatic rings. The fraction of sp³-hybridized carbons (Fsp3) is 0.133. The van der Waals surface area contributed by atoms with Gasteiger partial charge in [-0.15, -0.1) is 0 Å². The molecule has 1 amide bonds. The van der Waals surface area contributed by atoms with Crippen LogP contribution in [-0.2, 0) is 6.54 Å². The van der Waals surface area contributed by atoms with Gasteiger partial charge in [-0.3, -0.25) is 4.79 Å². The summed E-state index contributed by atoms with van der Waals surface area (Å²) >= 11 is 15.1. The van der Waals surface area contributed by atoms with Gasteiger partial charge in [0.05, 0.1) is 5.56 Å². The first kappa shape index (κ1) is 16.3. The summed E-state index contributed by atoms with van der Waals surface area (Å²) in [7, 11) is 1.59. The van der Waals surface area contributed by atoms with Gasteiger partial charge in [-0.2, -0.15) is 0 Å². The molecule has 21 heavy (non-hydrogen) atoms. The van der Waals surface area contributed by atoms with Crippen molar-refractivity contribution in [2.24, 2.45) is 0 Å². The Kier molecular flexibility index (Phi) is 5.25. The average Bonchev–Trinajstić information content (AvgIpc) is 2.42. The molecule has 6 heteroatoms. The van der Waals surface area contributed by atoms with Crippen LogP contribution in [0.15, 0.2) is 40.9 Å². The predicted octanol–water partition coefficient (Wildman–Crippen LogP) is 5.17. The summed E-state index contributed by atoms with van der Waals surface area (Å²) < 4.78 is 14.3. The lowest BCUT2D eigenvalue weighted by Gasteiger charge is -2.19. The molecule has 110 valence electrons. The Morgan fingerprint density at radius 2 is 2.00 bits per heavy atom. The lowest BCUT2D eigenvalue weighted by Crippen LogP contribution is -2.27. The molecule has 2 aromatic carbocycles. The van der Waals surface area contributed by atoms with Crippen LogP contribution in [0.4, 0.5) is 4.39 Å². The van der Waals surface area contributed by atoms with Crippen molar-refractivity contribution in [1.29, 1.82) is 0 Å². The van der Waals surface area contributed by atoms with Crippen molar-refractivity contribution in [2.45, 2.75) is 6.54 Å². The molecule has 0 atom stereocenters. The van der Waals surface area contributed by atoms with E-state index >= 15 is 0 Å². The van der Waals surface area contributed by atoms with E-state index in [1.807, 2.05) is 0 Å². The molecule has 0 aliphatic heterocycles. The molecule has 0 unspecified atom stereocenters. The van der Waals surface area contributed by atoms with Crippen molar-refractivity contribution in [3.63, 3.8) is 0 Å². The highest BCUT2D eigenvalue weighted by atomic mass is 79.9. The lowest BCUT2D eigenvalue weighted by molar-refractivity contribution is 0.0783. The zero-order valence-corrected chi connectivity index (χ0v) is 14.1. The van der Waals surface area contributed by atoms with Crippen LogP contribution < -0.4 is 0 Å². The van der Waals surface area contributed by atoms with Crippen LogP contribution in [0.5, 0.6) is 0 Å². The summed E-state index contributed by atoms with van der Waals surface area (Å²) in [4.78, 5) is 13.8. The van der Waals surface area contributed by atoms with E-state index in [9.17, 15) is 9.18 Å². The van der Waals surface area contributed by atoms with Crippen LogP contribution in [0.25, 0.3) is 0 Å². The maximum absolute atomic E-state index is 13.8. The first-order chi connectivity index (χ1) is 9.90. The highest BCUT2D eigenvalue weighted by Crippen LogP contribution is 2.25. The number of carbonyl (C=O) groups is 1. The number of halogens is 4. The minimum Gasteiger partial charge on any atom is -0.337 e. The van der Waals surface area contributed by atoms with Crippen molar-refractivity contribution < 1.29 is 9.18 Å². The molecule has 2 aromatic rings. The molecule has 0 saturated carbocycles. The fourth-order valence-electron chi connectivity index (χ4n) is 1.86. The summed E-state index contributed by atoms with van der Waals surface area (Å²) in [5, 5.41) is 0.822. The Balaban J connectivity index is 2.24. The molecule has 2 nitrogen and oxygen atoms in total. The summed E-state index contributed by atoms with van der Waals surface area (Å²) in [5.74, 6) is -0.685. The van der Waals surface area contributed by atoms with Crippen molar-refractivity contribution in [3.8, 4) is 0 Å². The van der Waals surface area contributed by atoms with Crippen molar-refractivity contribution in [1.82, 2.24) is 4.90 Å². The Morgan fingerprint density at radius 3 is 2.62 bits per heavy atom. The average molecular weight is 391 g/mol. The summed E-state index contributed by atoms with van der Waals surface area (Å²) in [6.45, 7) is 0.0827. The number of hydrogen-bond acceptors (Lipinski definition) is 1. The summed E-state index contributed by atoms with van der Waals surface area (Å²) in [6.07, 6.45) is 0. The number of benzene rings is 2. The topological polar surface area (TPSA) is 20.3 Å². The first-order valence-electron chi connectivity index (χ1n) is 6.03. The van der Waals surface area contributed by atoms with Crippen LogP contribution in [0, 0.1) is 5.82 Å². The Hall–Kier alpha value is -1.10. The van der Waals surface area contributed by atoms with E-state index in [-0.39, 0.29) is 12.5 Å². The van der Waals surface area contributed by atoms with Gasteiger partial charge in [0.25, 0.3) is 5.91 Å². The van der Waals surface area contributed by atoms with E-state index in [0.29, 0.717) is 25.6 Å². The van der Waals surface area contributed by atoms with Crippen molar-refractivity contribution >= 4 is 45.0 Å². The molecule has 2 rings (SSSR count). The van der Waals surface area contributed by atoms with E-state index < -0.39 is 5.82 Å². The van der Waals surface area contributed by atoms with Crippen molar-refractivity contribution in [3.05, 3.63) is 67.9 Å². The maximum Gasteiger partial charge on any atom is 0.255 e. The highest BCUT2D eigenvalue weighted by molar-refractivity contribution is 9.10. The Labute approximate surface area is 140 Å². The number of amides is 1. The van der Waals surface area contributed by atoms with Gasteiger partial charge >= 0.3 is 0 Å². The smallest absolute Gasteiger partial charge is 0.255 e. The molecule has 0 aromatic heterocycles. The number of hydrogen-bond donors (Lipinski definition) is 0. The van der Waals surface area contributed by atoms with Crippen LogP contribution >= 0.6 is 39.1 Å². The van der Waals surface area contributed by atoms with Gasteiger partial charge in [-0.25, -0.2) is 4.39 Å². The second kappa shape index (κ2) is 6.77. The lowest BCUT2D eigenvalue weighted by atomic mass is 10.1. The van der Waals surface area contributed by atoms with Gasteiger partial charge in [0.2, 0.25) is 0 Å². The Morgan fingerprint density at radius 1 is 1.29 bits per heavy atom. The second-order valence-electron chi connectivity index (χ2n) is 4.49. The van der Waals surface area contributed by atoms with Gasteiger partial charge < -0.3 is 4.90 Å².